The minimum Gasteiger partial charge on any atom is -0.491 e. The molecule has 3 atom stereocenters. The molecule has 2 N–H and O–H groups in total. The van der Waals surface area contributed by atoms with Crippen LogP contribution in [0.4, 0.5) is 13.2 Å². The molecule has 7 nitrogen and oxygen atoms in total. The van der Waals surface area contributed by atoms with Crippen LogP contribution in [0.2, 0.25) is 0 Å². The van der Waals surface area contributed by atoms with E-state index < -0.39 is 41.7 Å². The van der Waals surface area contributed by atoms with Gasteiger partial charge in [-0.2, -0.15) is 13.2 Å². The number of hydrogen-bond donors (Lipinski definition) is 2. The molecule has 3 rings (SSSR count). The molecule has 10 heteroatoms. The quantitative estimate of drug-likeness (QED) is 0.373. The van der Waals surface area contributed by atoms with Gasteiger partial charge in [0.25, 0.3) is 5.91 Å². The Morgan fingerprint density at radius 2 is 1.94 bits per heavy atom. The lowest BCUT2D eigenvalue weighted by Crippen LogP contribution is -2.48. The molecule has 3 unspecified atom stereocenters. The number of rotatable bonds is 10. The van der Waals surface area contributed by atoms with E-state index in [-0.39, 0.29) is 49.5 Å². The fourth-order valence-corrected chi connectivity index (χ4v) is 3.95. The van der Waals surface area contributed by atoms with E-state index in [1.54, 1.807) is 18.2 Å². The van der Waals surface area contributed by atoms with Crippen molar-refractivity contribution in [1.82, 2.24) is 4.90 Å². The number of ether oxygens (including phenoxy) is 2. The van der Waals surface area contributed by atoms with Gasteiger partial charge in [0.05, 0.1) is 11.6 Å². The van der Waals surface area contributed by atoms with Crippen LogP contribution in [0.15, 0.2) is 66.5 Å². The highest BCUT2D eigenvalue weighted by atomic mass is 19.4. The summed E-state index contributed by atoms with van der Waals surface area (Å²) >= 11 is 0. The molecule has 1 heterocycles. The van der Waals surface area contributed by atoms with Crippen molar-refractivity contribution in [3.63, 3.8) is 0 Å². The van der Waals surface area contributed by atoms with Gasteiger partial charge in [0.15, 0.2) is 0 Å². The van der Waals surface area contributed by atoms with E-state index >= 15 is 0 Å². The minimum absolute atomic E-state index is 0.0562. The summed E-state index contributed by atoms with van der Waals surface area (Å²) in [5, 5.41) is 19.3. The van der Waals surface area contributed by atoms with Crippen LogP contribution in [0.25, 0.3) is 5.57 Å². The maximum absolute atomic E-state index is 13.6. The number of allylic oxidation sites excluding steroid dienone is 1. The third kappa shape index (κ3) is 6.44. The Morgan fingerprint density at radius 3 is 2.61 bits per heavy atom. The Balaban J connectivity index is 1.81. The van der Waals surface area contributed by atoms with E-state index in [0.29, 0.717) is 5.76 Å². The maximum atomic E-state index is 13.6. The minimum atomic E-state index is -4.63. The third-order valence-corrected chi connectivity index (χ3v) is 5.70. The second-order valence-electron chi connectivity index (χ2n) is 8.54. The number of fused-ring (bicyclic) bond motifs is 1. The molecule has 0 saturated heterocycles. The molecule has 194 valence electrons. The van der Waals surface area contributed by atoms with Crippen LogP contribution in [-0.4, -0.2) is 65.5 Å². The summed E-state index contributed by atoms with van der Waals surface area (Å²) in [6.07, 6.45) is 0.985. The third-order valence-electron chi connectivity index (χ3n) is 5.70. The Labute approximate surface area is 206 Å². The first-order valence-corrected chi connectivity index (χ1v) is 11.4. The van der Waals surface area contributed by atoms with Crippen LogP contribution in [0.1, 0.15) is 24.5 Å². The number of amides is 1. The number of nitrogens with zero attached hydrogens (tertiary/aromatic N) is 1. The summed E-state index contributed by atoms with van der Waals surface area (Å²) in [5.41, 5.74) is -0.957. The van der Waals surface area contributed by atoms with E-state index in [9.17, 15) is 33.0 Å². The fraction of sp³-hybridized carbons (Fsp3) is 0.385. The van der Waals surface area contributed by atoms with Crippen LogP contribution >= 0.6 is 0 Å². The Morgan fingerprint density at radius 1 is 1.22 bits per heavy atom. The van der Waals surface area contributed by atoms with Crippen LogP contribution in [-0.2, 0) is 25.2 Å². The van der Waals surface area contributed by atoms with Crippen molar-refractivity contribution in [3.05, 3.63) is 77.6 Å². The highest BCUT2D eigenvalue weighted by Crippen LogP contribution is 2.39. The maximum Gasteiger partial charge on any atom is 0.417 e. The summed E-state index contributed by atoms with van der Waals surface area (Å²) in [6.45, 7) is 4.38. The van der Waals surface area contributed by atoms with Gasteiger partial charge in [0, 0.05) is 30.2 Å². The second kappa shape index (κ2) is 11.6. The Bertz CT molecular complexity index is 1090. The Kier molecular flexibility index (Phi) is 8.75. The highest BCUT2D eigenvalue weighted by molar-refractivity contribution is 6.21. The van der Waals surface area contributed by atoms with Gasteiger partial charge in [-0.25, -0.2) is 4.79 Å². The molecule has 0 radical (unpaired) electrons. The molecule has 0 spiro atoms. The van der Waals surface area contributed by atoms with E-state index in [4.69, 9.17) is 9.47 Å². The van der Waals surface area contributed by atoms with Crippen molar-refractivity contribution in [1.29, 1.82) is 0 Å². The number of esters is 1. The molecule has 0 fully saturated rings. The van der Waals surface area contributed by atoms with Gasteiger partial charge in [0.2, 0.25) is 0 Å². The molecule has 1 aliphatic carbocycles. The molecule has 0 aromatic heterocycles. The number of aliphatic hydroxyl groups is 2. The number of carbonyl (C=O) groups is 2. The molecule has 1 aromatic carbocycles. The molecule has 36 heavy (non-hydrogen) atoms. The smallest absolute Gasteiger partial charge is 0.417 e. The van der Waals surface area contributed by atoms with Crippen molar-refractivity contribution in [3.8, 4) is 0 Å². The van der Waals surface area contributed by atoms with Crippen LogP contribution in [0, 0.1) is 5.92 Å². The van der Waals surface area contributed by atoms with Crippen molar-refractivity contribution in [2.75, 3.05) is 26.4 Å². The monoisotopic (exact) mass is 507 g/mol. The topological polar surface area (TPSA) is 96.3 Å². The van der Waals surface area contributed by atoms with Crippen LogP contribution < -0.4 is 0 Å². The van der Waals surface area contributed by atoms with E-state index in [0.717, 1.165) is 6.07 Å². The van der Waals surface area contributed by atoms with Gasteiger partial charge in [0.1, 0.15) is 25.1 Å². The SMILES string of the molecule is C=C(C)C(=O)OCC(O)COC1=CC2C(C=C1)C=C(c1ccccc1C(F)(F)F)C(=O)N2CCCO. The van der Waals surface area contributed by atoms with Gasteiger partial charge < -0.3 is 24.6 Å². The number of alkyl halides is 3. The van der Waals surface area contributed by atoms with Gasteiger partial charge in [-0.05, 0) is 37.1 Å². The number of aliphatic hydroxyl groups excluding tert-OH is 2. The van der Waals surface area contributed by atoms with E-state index in [1.165, 1.54) is 36.1 Å². The highest BCUT2D eigenvalue weighted by Gasteiger charge is 2.40. The largest absolute Gasteiger partial charge is 0.491 e. The average molecular weight is 508 g/mol. The standard InChI is InChI=1S/C26H28F3NO6/c1-16(2)25(34)36-15-18(32)14-35-19-9-8-17-12-21(20-6-3-4-7-22(20)26(27,28)29)24(33)30(10-5-11-31)23(17)13-19/h3-4,6-9,12-13,17-18,23,31-32H,1,5,10-11,14-15H2,2H3. The predicted octanol–water partition coefficient (Wildman–Crippen LogP) is 3.25. The molecule has 2 aliphatic rings. The predicted molar refractivity (Wildman–Crippen MR) is 125 cm³/mol. The molecular formula is C26H28F3NO6. The lowest BCUT2D eigenvalue weighted by Gasteiger charge is -2.39. The van der Waals surface area contributed by atoms with Gasteiger partial charge >= 0.3 is 12.1 Å². The number of halogens is 3. The van der Waals surface area contributed by atoms with Crippen molar-refractivity contribution < 1.29 is 42.4 Å². The van der Waals surface area contributed by atoms with Gasteiger partial charge in [-0.1, -0.05) is 36.9 Å². The van der Waals surface area contributed by atoms with Crippen molar-refractivity contribution in [2.24, 2.45) is 5.92 Å². The lowest BCUT2D eigenvalue weighted by atomic mass is 9.84. The molecule has 1 aromatic rings. The first-order chi connectivity index (χ1) is 17.0. The first-order valence-electron chi connectivity index (χ1n) is 11.4. The Hall–Kier alpha value is -3.37. The van der Waals surface area contributed by atoms with Gasteiger partial charge in [-0.15, -0.1) is 0 Å². The molecular weight excluding hydrogens is 479 g/mol. The summed E-state index contributed by atoms with van der Waals surface area (Å²) in [7, 11) is 0. The molecule has 0 saturated carbocycles. The second-order valence-corrected chi connectivity index (χ2v) is 8.54. The van der Waals surface area contributed by atoms with Crippen molar-refractivity contribution in [2.45, 2.75) is 31.7 Å². The summed E-state index contributed by atoms with van der Waals surface area (Å²) in [6, 6.07) is 4.38. The molecule has 0 bridgehead atoms. The fourth-order valence-electron chi connectivity index (χ4n) is 3.95. The van der Waals surface area contributed by atoms with E-state index in [1.807, 2.05) is 0 Å². The zero-order chi connectivity index (χ0) is 26.5. The zero-order valence-corrected chi connectivity index (χ0v) is 19.7. The molecule has 1 aliphatic heterocycles. The summed E-state index contributed by atoms with van der Waals surface area (Å²) < 4.78 is 51.4. The number of carbonyl (C=O) groups excluding carboxylic acids is 2. The first kappa shape index (κ1) is 27.2. The van der Waals surface area contributed by atoms with Crippen LogP contribution in [0.5, 0.6) is 0 Å². The normalized spacial score (nSPS) is 20.3. The number of benzene rings is 1. The van der Waals surface area contributed by atoms with Gasteiger partial charge in [-0.3, -0.25) is 4.79 Å². The van der Waals surface area contributed by atoms with Crippen molar-refractivity contribution >= 4 is 17.4 Å². The van der Waals surface area contributed by atoms with Crippen LogP contribution in [0.3, 0.4) is 0 Å². The molecule has 1 amide bonds. The zero-order valence-electron chi connectivity index (χ0n) is 19.7. The van der Waals surface area contributed by atoms with E-state index in [2.05, 4.69) is 6.58 Å². The average Bonchev–Trinajstić information content (AvgIpc) is 2.84. The summed E-state index contributed by atoms with van der Waals surface area (Å²) in [5.74, 6) is -1.30. The number of hydrogen-bond acceptors (Lipinski definition) is 6. The summed E-state index contributed by atoms with van der Waals surface area (Å²) in [4.78, 5) is 26.2. The lowest BCUT2D eigenvalue weighted by molar-refractivity contribution is -0.142.